The molecule has 0 aromatic rings. The highest BCUT2D eigenvalue weighted by atomic mass is 16.8. The molecule has 41 heteroatoms. The van der Waals surface area contributed by atoms with Crippen LogP contribution < -0.4 is 26.6 Å². The van der Waals surface area contributed by atoms with Gasteiger partial charge in [-0.05, 0) is 39.5 Å². The molecule has 3 aliphatic rings. The normalized spacial score (nSPS) is 23.7. The van der Waals surface area contributed by atoms with Gasteiger partial charge in [-0.2, -0.15) is 0 Å². The van der Waals surface area contributed by atoms with Crippen LogP contribution >= 0.6 is 0 Å². The van der Waals surface area contributed by atoms with Crippen LogP contribution in [0, 0.1) is 0 Å². The Hall–Kier alpha value is -8.04. The summed E-state index contributed by atoms with van der Waals surface area (Å²) in [7, 11) is 0. The van der Waals surface area contributed by atoms with Crippen molar-refractivity contribution >= 4 is 94.1 Å². The largest absolute Gasteiger partial charge is 0.480 e. The summed E-state index contributed by atoms with van der Waals surface area (Å²) in [4.78, 5) is 199. The number of aliphatic hydroxyl groups excluding tert-OH is 8. The maximum atomic E-state index is 13.0. The zero-order chi connectivity index (χ0) is 77.0. The van der Waals surface area contributed by atoms with Gasteiger partial charge in [0.1, 0.15) is 100.0 Å². The molecule has 103 heavy (non-hydrogen) atoms. The van der Waals surface area contributed by atoms with Crippen LogP contribution in [0.3, 0.4) is 0 Å². The third-order valence-corrected chi connectivity index (χ3v) is 16.0. The number of ketones is 5. The number of rotatable bonds is 50. The van der Waals surface area contributed by atoms with Crippen molar-refractivity contribution in [2.75, 3.05) is 91.8 Å². The number of aliphatic carboxylic acids is 3. The molecule has 0 bridgehead atoms. The fraction of sp³-hybridized carbons (Fsp3) is 0.742. The summed E-state index contributed by atoms with van der Waals surface area (Å²) >= 11 is 0. The molecule has 582 valence electrons. The van der Waals surface area contributed by atoms with Crippen molar-refractivity contribution in [3.8, 4) is 0 Å². The first kappa shape index (κ1) is 89.2. The standard InChI is InChI=1S/C62H96N8O33/c1-3-63-43(80)15-11-35(74)22-65-44(81)25-68(28-50(87)88)48(85)17-13-37(76)24-67-46(83)27-70(30-52(91)92)49(86)18-14-38(77)23-66-45(82)26-69(29-51(89)90)47(84)16-12-36(75)21-64-42(79)10-5-4-8-34(73)9-6-7-19-98-62-60(102-53-20-39(78)54(93)33(2)99-53)59(56(95)41(32-72)101-62)103-61-58(97)57(96)55(94)40(31-71)100-61/h33,39-41,53-62,71-72,78,93-97H,3-32H2,1-2H3,(H,63,80)(H,64,79)(H,65,81)(H,66,82)(H,67,83)(H,87,88)(H,89,90)(H,91,92)/t33?,39?,40?,41?,53-,54+,55-,56-,57-,58?,59-,60?,61+,62+/m0/s1. The summed E-state index contributed by atoms with van der Waals surface area (Å²) in [5.74, 6) is -14.5. The molecule has 0 spiro atoms. The summed E-state index contributed by atoms with van der Waals surface area (Å²) in [5.41, 5.74) is 0. The SMILES string of the molecule is CCNC(=O)CCC(=O)CNC(=O)CN(CC(=O)O)C(=O)CCC(=O)CNC(=O)CN(CC(=O)O)C(=O)CCC(=O)CNC(=O)CN(CC(=O)O)C(=O)CCC(=O)CNC(=O)CCCCC(=O)CCCCO[C@@H]1OC(CO)[C@H](O)[C@H](O[C@H]2OC(CO)[C@H](O)[C@H](O)C2O)C1O[C@H]1CC(O)[C@H](O)C(C)O1. The quantitative estimate of drug-likeness (QED) is 0.0252. The van der Waals surface area contributed by atoms with Crippen molar-refractivity contribution in [3.63, 3.8) is 0 Å². The number of hydrogen-bond acceptors (Lipinski definition) is 30. The Balaban J connectivity index is 1.37. The van der Waals surface area contributed by atoms with Crippen LogP contribution in [0.5, 0.6) is 0 Å². The predicted octanol–water partition coefficient (Wildman–Crippen LogP) is -8.45. The van der Waals surface area contributed by atoms with E-state index in [1.807, 2.05) is 0 Å². The predicted molar refractivity (Wildman–Crippen MR) is 340 cm³/mol. The van der Waals surface area contributed by atoms with Gasteiger partial charge in [-0.25, -0.2) is 0 Å². The third-order valence-electron chi connectivity index (χ3n) is 16.0. The van der Waals surface area contributed by atoms with Crippen LogP contribution in [-0.2, 0) is 105 Å². The third kappa shape index (κ3) is 33.5. The first-order chi connectivity index (χ1) is 48.7. The van der Waals surface area contributed by atoms with Gasteiger partial charge in [-0.3, -0.25) is 76.7 Å². The van der Waals surface area contributed by atoms with E-state index in [2.05, 4.69) is 26.6 Å². The summed E-state index contributed by atoms with van der Waals surface area (Å²) in [6.45, 7) is -6.41. The Kier molecular flexibility index (Phi) is 40.4. The molecule has 3 saturated heterocycles. The van der Waals surface area contributed by atoms with E-state index in [9.17, 15) is 133 Å². The van der Waals surface area contributed by atoms with Crippen LogP contribution in [0.25, 0.3) is 0 Å². The number of carboxylic acids is 3. The van der Waals surface area contributed by atoms with Crippen molar-refractivity contribution in [3.05, 3.63) is 0 Å². The summed E-state index contributed by atoms with van der Waals surface area (Å²) in [6, 6.07) is 0. The number of Topliss-reactive ketones (excluding diaryl/α,β-unsaturated/α-hetero) is 5. The highest BCUT2D eigenvalue weighted by molar-refractivity contribution is 5.96. The van der Waals surface area contributed by atoms with Gasteiger partial charge < -0.3 is 126 Å². The number of carbonyl (C=O) groups is 16. The molecular formula is C62H96N8O33. The lowest BCUT2D eigenvalue weighted by Gasteiger charge is -2.48. The molecule has 0 radical (unpaired) electrons. The van der Waals surface area contributed by atoms with Crippen molar-refractivity contribution in [2.45, 2.75) is 203 Å². The van der Waals surface area contributed by atoms with Gasteiger partial charge in [-0.15, -0.1) is 0 Å². The highest BCUT2D eigenvalue weighted by Gasteiger charge is 2.53. The molecule has 6 unspecified atom stereocenters. The second-order valence-electron chi connectivity index (χ2n) is 24.4. The van der Waals surface area contributed by atoms with Crippen LogP contribution in [-0.4, -0.2) is 343 Å². The molecule has 0 aliphatic carbocycles. The van der Waals surface area contributed by atoms with Gasteiger partial charge in [0, 0.05) is 90.2 Å². The number of amides is 8. The number of carboxylic acid groups (broad SMARTS) is 3. The monoisotopic (exact) mass is 1480 g/mol. The molecule has 3 fully saturated rings. The van der Waals surface area contributed by atoms with Crippen molar-refractivity contribution < 1.29 is 161 Å². The van der Waals surface area contributed by atoms with Gasteiger partial charge in [0.05, 0.1) is 51.6 Å². The number of nitrogens with one attached hydrogen (secondary N) is 5. The van der Waals surface area contributed by atoms with Gasteiger partial charge in [0.2, 0.25) is 47.3 Å². The van der Waals surface area contributed by atoms with Crippen LogP contribution in [0.2, 0.25) is 0 Å². The maximum Gasteiger partial charge on any atom is 0.323 e. The molecule has 8 amide bonds. The molecule has 16 N–H and O–H groups in total. The number of unbranched alkanes of at least 4 members (excludes halogenated alkanes) is 2. The Morgan fingerprint density at radius 2 is 0.796 bits per heavy atom. The summed E-state index contributed by atoms with van der Waals surface area (Å²) in [6.07, 6.45) is -24.3. The summed E-state index contributed by atoms with van der Waals surface area (Å²) in [5, 5.41) is 123. The van der Waals surface area contributed by atoms with Crippen LogP contribution in [0.1, 0.15) is 117 Å². The summed E-state index contributed by atoms with van der Waals surface area (Å²) < 4.78 is 35.0. The van der Waals surface area contributed by atoms with E-state index in [1.54, 1.807) is 6.92 Å². The van der Waals surface area contributed by atoms with Crippen LogP contribution in [0.4, 0.5) is 0 Å². The Morgan fingerprint density at radius 1 is 0.398 bits per heavy atom. The lowest BCUT2D eigenvalue weighted by atomic mass is 9.96. The van der Waals surface area contributed by atoms with Gasteiger partial charge in [0.15, 0.2) is 42.0 Å². The average Bonchev–Trinajstić information content (AvgIpc) is 0.778. The van der Waals surface area contributed by atoms with Gasteiger partial charge in [-0.1, -0.05) is 0 Å². The zero-order valence-electron chi connectivity index (χ0n) is 57.0. The lowest BCUT2D eigenvalue weighted by Crippen LogP contribution is -2.66. The minimum absolute atomic E-state index is 0.0756. The molecule has 3 heterocycles. The minimum Gasteiger partial charge on any atom is -0.480 e. The topological polar surface area (TPSA) is 621 Å². The molecule has 41 nitrogen and oxygen atoms in total. The molecule has 0 saturated carbocycles. The fourth-order valence-electron chi connectivity index (χ4n) is 10.3. The van der Waals surface area contributed by atoms with E-state index in [0.29, 0.717) is 21.2 Å². The van der Waals surface area contributed by atoms with E-state index in [-0.39, 0.29) is 82.5 Å². The van der Waals surface area contributed by atoms with Gasteiger partial charge >= 0.3 is 17.9 Å². The second kappa shape index (κ2) is 46.6. The van der Waals surface area contributed by atoms with E-state index in [4.69, 9.17) is 28.4 Å². The number of hydrogen-bond donors (Lipinski definition) is 16. The highest BCUT2D eigenvalue weighted by Crippen LogP contribution is 2.34. The van der Waals surface area contributed by atoms with Crippen molar-refractivity contribution in [1.82, 2.24) is 41.3 Å². The first-order valence-corrected chi connectivity index (χ1v) is 33.3. The molecule has 0 aromatic carbocycles. The zero-order valence-corrected chi connectivity index (χ0v) is 57.0. The number of aliphatic hydroxyl groups is 8. The number of ether oxygens (including phenoxy) is 6. The molecular weight excluding hydrogens is 1380 g/mol. The Labute approximate surface area is 589 Å². The maximum absolute atomic E-state index is 13.0. The molecule has 3 aliphatic heterocycles. The Morgan fingerprint density at radius 3 is 1.22 bits per heavy atom. The minimum atomic E-state index is -1.92. The van der Waals surface area contributed by atoms with E-state index in [0.717, 1.165) is 0 Å². The van der Waals surface area contributed by atoms with E-state index in [1.165, 1.54) is 6.92 Å². The van der Waals surface area contributed by atoms with Crippen molar-refractivity contribution in [2.24, 2.45) is 0 Å². The number of carbonyl (C=O) groups excluding carboxylic acids is 13. The van der Waals surface area contributed by atoms with Gasteiger partial charge in [0.25, 0.3) is 0 Å². The second-order valence-corrected chi connectivity index (χ2v) is 24.4. The molecule has 0 aromatic heterocycles. The fourth-order valence-corrected chi connectivity index (χ4v) is 10.3. The first-order valence-electron chi connectivity index (χ1n) is 33.3. The van der Waals surface area contributed by atoms with E-state index >= 15 is 0 Å². The number of nitrogens with zero attached hydrogens (tertiary/aromatic N) is 3. The molecule has 3 rings (SSSR count). The average molecular weight is 1480 g/mol. The van der Waals surface area contributed by atoms with E-state index < -0.39 is 286 Å². The van der Waals surface area contributed by atoms with Crippen LogP contribution in [0.15, 0.2) is 0 Å². The molecule has 14 atom stereocenters. The van der Waals surface area contributed by atoms with Crippen molar-refractivity contribution in [1.29, 1.82) is 0 Å². The smallest absolute Gasteiger partial charge is 0.323 e. The lowest BCUT2D eigenvalue weighted by molar-refractivity contribution is -0.382. The Bertz CT molecular complexity index is 2890.